The first-order valence-electron chi connectivity index (χ1n) is 7.71. The van der Waals surface area contributed by atoms with Crippen LogP contribution >= 0.6 is 0 Å². The van der Waals surface area contributed by atoms with Gasteiger partial charge >= 0.3 is 0 Å². The van der Waals surface area contributed by atoms with Crippen LogP contribution in [0.4, 0.5) is 0 Å². The Hall–Kier alpha value is -0.0800. The Morgan fingerprint density at radius 1 is 1.18 bits per heavy atom. The van der Waals surface area contributed by atoms with Gasteiger partial charge in [0.15, 0.2) is 0 Å². The highest BCUT2D eigenvalue weighted by atomic mass is 15.2. The fourth-order valence-corrected chi connectivity index (χ4v) is 3.79. The minimum atomic E-state index is 0.444. The second-order valence-corrected chi connectivity index (χ2v) is 6.21. The zero-order chi connectivity index (χ0) is 12.3. The molecule has 0 amide bonds. The van der Waals surface area contributed by atoms with E-state index in [2.05, 4.69) is 31.0 Å². The Kier molecular flexibility index (Phi) is 4.48. The number of hydrogen-bond acceptors (Lipinski definition) is 2. The topological polar surface area (TPSA) is 15.3 Å². The lowest BCUT2D eigenvalue weighted by molar-refractivity contribution is 0.173. The van der Waals surface area contributed by atoms with Crippen molar-refractivity contribution in [3.05, 3.63) is 0 Å². The van der Waals surface area contributed by atoms with Crippen molar-refractivity contribution in [1.29, 1.82) is 0 Å². The van der Waals surface area contributed by atoms with Crippen molar-refractivity contribution in [3.63, 3.8) is 0 Å². The van der Waals surface area contributed by atoms with Gasteiger partial charge < -0.3 is 10.2 Å². The number of hydrogen-bond donors (Lipinski definition) is 1. The maximum absolute atomic E-state index is 4.02. The van der Waals surface area contributed by atoms with Crippen LogP contribution in [0.25, 0.3) is 0 Å². The molecule has 0 spiro atoms. The normalized spacial score (nSPS) is 34.2. The summed E-state index contributed by atoms with van der Waals surface area (Å²) in [6.07, 6.45) is 8.25. The average Bonchev–Trinajstić information content (AvgIpc) is 2.65. The van der Waals surface area contributed by atoms with Gasteiger partial charge in [0.05, 0.1) is 0 Å². The van der Waals surface area contributed by atoms with Crippen molar-refractivity contribution < 1.29 is 0 Å². The highest BCUT2D eigenvalue weighted by Crippen LogP contribution is 2.37. The zero-order valence-corrected chi connectivity index (χ0v) is 12.0. The fourth-order valence-electron chi connectivity index (χ4n) is 3.79. The van der Waals surface area contributed by atoms with Crippen molar-refractivity contribution in [2.24, 2.45) is 5.92 Å². The molecule has 2 nitrogen and oxygen atoms in total. The zero-order valence-electron chi connectivity index (χ0n) is 12.0. The first kappa shape index (κ1) is 13.4. The lowest BCUT2D eigenvalue weighted by Gasteiger charge is -2.41. The highest BCUT2D eigenvalue weighted by molar-refractivity contribution is 5.00. The number of rotatable bonds is 5. The third kappa shape index (κ3) is 3.03. The second-order valence-electron chi connectivity index (χ2n) is 6.21. The summed E-state index contributed by atoms with van der Waals surface area (Å²) in [5.74, 6) is 0.981. The Morgan fingerprint density at radius 3 is 2.35 bits per heavy atom. The van der Waals surface area contributed by atoms with E-state index >= 15 is 0 Å². The molecule has 2 heterocycles. The van der Waals surface area contributed by atoms with E-state index < -0.39 is 0 Å². The largest absolute Gasteiger partial charge is 0.307 e. The molecular weight excluding hydrogens is 208 g/mol. The van der Waals surface area contributed by atoms with Crippen LogP contribution in [0.2, 0.25) is 0 Å². The standard InChI is InChI=1S/C15H30N2/c1-4-14(5-2)16-15-9-7-13(8-10-15)11-17(6-3)12-15/h13-14,16H,4-12H2,1-3H3. The van der Waals surface area contributed by atoms with E-state index in [0.717, 1.165) is 12.0 Å². The molecule has 1 N–H and O–H groups in total. The third-order valence-electron chi connectivity index (χ3n) is 5.05. The Bertz CT molecular complexity index is 227. The van der Waals surface area contributed by atoms with Crippen LogP contribution in [0, 0.1) is 5.92 Å². The summed E-state index contributed by atoms with van der Waals surface area (Å²) in [4.78, 5) is 2.68. The van der Waals surface area contributed by atoms with Crippen LogP contribution in [0.5, 0.6) is 0 Å². The van der Waals surface area contributed by atoms with Crippen LogP contribution in [-0.2, 0) is 0 Å². The van der Waals surface area contributed by atoms with E-state index in [1.54, 1.807) is 0 Å². The maximum atomic E-state index is 4.02. The summed E-state index contributed by atoms with van der Waals surface area (Å²) in [5, 5.41) is 4.02. The average molecular weight is 238 g/mol. The molecule has 1 saturated carbocycles. The van der Waals surface area contributed by atoms with Gasteiger partial charge in [-0.1, -0.05) is 20.8 Å². The maximum Gasteiger partial charge on any atom is 0.0311 e. The highest BCUT2D eigenvalue weighted by Gasteiger charge is 2.40. The minimum absolute atomic E-state index is 0.444. The predicted octanol–water partition coefficient (Wildman–Crippen LogP) is 3.03. The van der Waals surface area contributed by atoms with E-state index in [1.807, 2.05) is 0 Å². The van der Waals surface area contributed by atoms with Crippen LogP contribution < -0.4 is 5.32 Å². The molecular formula is C15H30N2. The summed E-state index contributed by atoms with van der Waals surface area (Å²) in [5.41, 5.74) is 0.444. The molecule has 0 aromatic heterocycles. The molecule has 100 valence electrons. The van der Waals surface area contributed by atoms with Crippen LogP contribution in [0.3, 0.4) is 0 Å². The molecule has 0 aromatic rings. The molecule has 0 radical (unpaired) electrons. The van der Waals surface area contributed by atoms with Crippen molar-refractivity contribution in [3.8, 4) is 0 Å². The van der Waals surface area contributed by atoms with Gasteiger partial charge in [-0.2, -0.15) is 0 Å². The molecule has 2 saturated heterocycles. The summed E-state index contributed by atoms with van der Waals surface area (Å²) >= 11 is 0. The molecule has 0 atom stereocenters. The first-order chi connectivity index (χ1) is 8.21. The van der Waals surface area contributed by atoms with E-state index in [4.69, 9.17) is 0 Å². The van der Waals surface area contributed by atoms with Crippen LogP contribution in [0.15, 0.2) is 0 Å². The van der Waals surface area contributed by atoms with Crippen LogP contribution in [0.1, 0.15) is 59.3 Å². The number of nitrogens with zero attached hydrogens (tertiary/aromatic N) is 1. The summed E-state index contributed by atoms with van der Waals surface area (Å²) < 4.78 is 0. The first-order valence-corrected chi connectivity index (χ1v) is 7.71. The van der Waals surface area contributed by atoms with Crippen molar-refractivity contribution in [2.75, 3.05) is 19.6 Å². The summed E-state index contributed by atoms with van der Waals surface area (Å²) in [6.45, 7) is 10.8. The molecule has 2 aliphatic heterocycles. The Morgan fingerprint density at radius 2 is 1.82 bits per heavy atom. The van der Waals surface area contributed by atoms with Gasteiger partial charge in [0.25, 0.3) is 0 Å². The molecule has 3 aliphatic rings. The van der Waals surface area contributed by atoms with Crippen molar-refractivity contribution in [2.45, 2.75) is 70.9 Å². The van der Waals surface area contributed by atoms with E-state index in [9.17, 15) is 0 Å². The second kappa shape index (κ2) is 5.71. The monoisotopic (exact) mass is 238 g/mol. The fraction of sp³-hybridized carbons (Fsp3) is 1.00. The molecule has 3 fully saturated rings. The van der Waals surface area contributed by atoms with Gasteiger partial charge in [0.2, 0.25) is 0 Å². The van der Waals surface area contributed by atoms with E-state index in [-0.39, 0.29) is 0 Å². The molecule has 3 rings (SSSR count). The molecule has 2 heteroatoms. The summed E-state index contributed by atoms with van der Waals surface area (Å²) in [7, 11) is 0. The van der Waals surface area contributed by atoms with Gasteiger partial charge in [-0.15, -0.1) is 0 Å². The Labute approximate surface area is 107 Å². The SMILES string of the molecule is CCC(CC)NC12CCC(CC1)CN(CC)C2. The lowest BCUT2D eigenvalue weighted by Crippen LogP contribution is -2.55. The minimum Gasteiger partial charge on any atom is -0.307 e. The Balaban J connectivity index is 2.05. The molecule has 0 unspecified atom stereocenters. The molecule has 0 aromatic carbocycles. The predicted molar refractivity (Wildman–Crippen MR) is 74.3 cm³/mol. The number of likely N-dealkylation sites (N-methyl/N-ethyl adjacent to an activating group) is 1. The van der Waals surface area contributed by atoms with E-state index in [0.29, 0.717) is 5.54 Å². The van der Waals surface area contributed by atoms with Crippen LogP contribution in [-0.4, -0.2) is 36.1 Å². The van der Waals surface area contributed by atoms with Gasteiger partial charge in [0.1, 0.15) is 0 Å². The smallest absolute Gasteiger partial charge is 0.0311 e. The number of fused-ring (bicyclic) bond motifs is 4. The quantitative estimate of drug-likeness (QED) is 0.792. The molecule has 1 aliphatic carbocycles. The molecule has 2 bridgehead atoms. The van der Waals surface area contributed by atoms with Crippen molar-refractivity contribution in [1.82, 2.24) is 10.2 Å². The van der Waals surface area contributed by atoms with Gasteiger partial charge in [-0.3, -0.25) is 0 Å². The summed E-state index contributed by atoms with van der Waals surface area (Å²) in [6, 6.07) is 0.725. The van der Waals surface area contributed by atoms with Gasteiger partial charge in [-0.25, -0.2) is 0 Å². The van der Waals surface area contributed by atoms with Gasteiger partial charge in [-0.05, 0) is 51.0 Å². The van der Waals surface area contributed by atoms with E-state index in [1.165, 1.54) is 58.2 Å². The number of nitrogens with one attached hydrogen (secondary N) is 1. The lowest BCUT2D eigenvalue weighted by atomic mass is 9.77. The third-order valence-corrected chi connectivity index (χ3v) is 5.05. The van der Waals surface area contributed by atoms with Crippen molar-refractivity contribution >= 4 is 0 Å². The van der Waals surface area contributed by atoms with Gasteiger partial charge in [0, 0.05) is 24.7 Å². The molecule has 17 heavy (non-hydrogen) atoms.